The lowest BCUT2D eigenvalue weighted by molar-refractivity contribution is -0.139. The fourth-order valence-electron chi connectivity index (χ4n) is 2.69. The largest absolute Gasteiger partial charge is 0.478 e. The average Bonchev–Trinajstić information content (AvgIpc) is 2.68. The molecule has 1 amide bonds. The number of halogens is 6. The summed E-state index contributed by atoms with van der Waals surface area (Å²) in [5.41, 5.74) is -5.27. The van der Waals surface area contributed by atoms with Crippen molar-refractivity contribution < 1.29 is 45.8 Å². The molecule has 0 radical (unpaired) electrons. The minimum Gasteiger partial charge on any atom is -0.478 e. The standard InChI is InChI=1S/C23H20F6N2O4/c1-11(30-21(34)35-22(2,3)4)5-6-12-17(8-7-15(24)19(12)26)31-18-10-14(23(27,28)29)16(25)9-13(18)20(32)33/h7-11,31H,1-4H3,(H,30,34)(H,32,33). The van der Waals surface area contributed by atoms with E-state index in [1.165, 1.54) is 6.92 Å². The number of aromatic carboxylic acids is 1. The summed E-state index contributed by atoms with van der Waals surface area (Å²) in [6.07, 6.45) is -5.99. The van der Waals surface area contributed by atoms with Gasteiger partial charge in [0, 0.05) is 0 Å². The van der Waals surface area contributed by atoms with Crippen LogP contribution in [-0.2, 0) is 10.9 Å². The highest BCUT2D eigenvalue weighted by Gasteiger charge is 2.35. The molecule has 0 saturated heterocycles. The molecule has 0 bridgehead atoms. The van der Waals surface area contributed by atoms with Crippen LogP contribution >= 0.6 is 0 Å². The molecule has 1 atom stereocenters. The van der Waals surface area contributed by atoms with Gasteiger partial charge in [-0.3, -0.25) is 0 Å². The maximum Gasteiger partial charge on any atom is 0.419 e. The Labute approximate surface area is 196 Å². The summed E-state index contributed by atoms with van der Waals surface area (Å²) >= 11 is 0. The molecule has 1 unspecified atom stereocenters. The molecule has 0 saturated carbocycles. The van der Waals surface area contributed by atoms with Crippen molar-refractivity contribution in [2.75, 3.05) is 5.32 Å². The molecule has 0 fully saturated rings. The summed E-state index contributed by atoms with van der Waals surface area (Å²) in [6, 6.07) is 0.976. The summed E-state index contributed by atoms with van der Waals surface area (Å²) in [7, 11) is 0. The third-order valence-electron chi connectivity index (χ3n) is 4.15. The van der Waals surface area contributed by atoms with Gasteiger partial charge in [0.25, 0.3) is 0 Å². The van der Waals surface area contributed by atoms with E-state index in [4.69, 9.17) is 4.74 Å². The number of alkyl carbamates (subject to hydrolysis) is 1. The van der Waals surface area contributed by atoms with E-state index in [-0.39, 0.29) is 12.1 Å². The lowest BCUT2D eigenvalue weighted by Gasteiger charge is -2.20. The Morgan fingerprint density at radius 1 is 1.03 bits per heavy atom. The molecular formula is C23H20F6N2O4. The second kappa shape index (κ2) is 10.2. The fourth-order valence-corrected chi connectivity index (χ4v) is 2.69. The highest BCUT2D eigenvalue weighted by atomic mass is 19.4. The van der Waals surface area contributed by atoms with E-state index in [1.54, 1.807) is 20.8 Å². The Kier molecular flexibility index (Phi) is 7.95. The van der Waals surface area contributed by atoms with Gasteiger partial charge in [0.1, 0.15) is 11.4 Å². The van der Waals surface area contributed by atoms with E-state index in [0.29, 0.717) is 6.07 Å². The SMILES string of the molecule is CC(C#Cc1c(Nc2cc(C(F)(F)F)c(F)cc2C(=O)O)ccc(F)c1F)NC(=O)OC(C)(C)C. The number of rotatable bonds is 4. The summed E-state index contributed by atoms with van der Waals surface area (Å²) in [4.78, 5) is 23.3. The number of ether oxygens (including phenoxy) is 1. The third kappa shape index (κ3) is 7.30. The quantitative estimate of drug-likeness (QED) is 0.362. The van der Waals surface area contributed by atoms with E-state index in [2.05, 4.69) is 22.5 Å². The smallest absolute Gasteiger partial charge is 0.419 e. The summed E-state index contributed by atoms with van der Waals surface area (Å²) in [5, 5.41) is 13.9. The first-order valence-electron chi connectivity index (χ1n) is 9.89. The number of hydrogen-bond acceptors (Lipinski definition) is 4. The van der Waals surface area contributed by atoms with Crippen LogP contribution in [0.1, 0.15) is 49.2 Å². The predicted octanol–water partition coefficient (Wildman–Crippen LogP) is 5.83. The van der Waals surface area contributed by atoms with Gasteiger partial charge in [-0.15, -0.1) is 0 Å². The number of carboxylic acids is 1. The van der Waals surface area contributed by atoms with Crippen LogP contribution in [0.2, 0.25) is 0 Å². The molecule has 0 aliphatic carbocycles. The van der Waals surface area contributed by atoms with Crippen LogP contribution in [0.3, 0.4) is 0 Å². The van der Waals surface area contributed by atoms with E-state index >= 15 is 0 Å². The van der Waals surface area contributed by atoms with Gasteiger partial charge in [0.15, 0.2) is 11.6 Å². The molecule has 2 aromatic carbocycles. The maximum atomic E-state index is 14.5. The first-order valence-corrected chi connectivity index (χ1v) is 9.89. The predicted molar refractivity (Wildman–Crippen MR) is 114 cm³/mol. The zero-order valence-corrected chi connectivity index (χ0v) is 18.8. The number of carboxylic acid groups (broad SMARTS) is 1. The molecule has 3 N–H and O–H groups in total. The van der Waals surface area contributed by atoms with Crippen molar-refractivity contribution in [1.82, 2.24) is 5.32 Å². The van der Waals surface area contributed by atoms with Gasteiger partial charge in [0.2, 0.25) is 0 Å². The number of carbonyl (C=O) groups excluding carboxylic acids is 1. The Hall–Kier alpha value is -3.88. The van der Waals surface area contributed by atoms with Crippen molar-refractivity contribution in [3.05, 3.63) is 58.4 Å². The normalized spacial score (nSPS) is 12.3. The molecular weight excluding hydrogens is 482 g/mol. The van der Waals surface area contributed by atoms with E-state index in [0.717, 1.165) is 6.07 Å². The Bertz CT molecular complexity index is 1210. The van der Waals surface area contributed by atoms with Crippen LogP contribution in [0.5, 0.6) is 0 Å². The molecule has 6 nitrogen and oxygen atoms in total. The van der Waals surface area contributed by atoms with Crippen LogP contribution < -0.4 is 10.6 Å². The van der Waals surface area contributed by atoms with Crippen molar-refractivity contribution in [2.45, 2.75) is 45.5 Å². The molecule has 35 heavy (non-hydrogen) atoms. The number of anilines is 2. The van der Waals surface area contributed by atoms with Gasteiger partial charge >= 0.3 is 18.2 Å². The highest BCUT2D eigenvalue weighted by Crippen LogP contribution is 2.36. The maximum absolute atomic E-state index is 14.5. The lowest BCUT2D eigenvalue weighted by atomic mass is 10.1. The monoisotopic (exact) mass is 502 g/mol. The zero-order chi connectivity index (χ0) is 26.7. The minimum absolute atomic E-state index is 0.158. The Morgan fingerprint density at radius 3 is 2.20 bits per heavy atom. The molecule has 2 rings (SSSR count). The van der Waals surface area contributed by atoms with E-state index < -0.39 is 75.4 Å². The first-order chi connectivity index (χ1) is 16.0. The summed E-state index contributed by atoms with van der Waals surface area (Å²) < 4.78 is 86.6. The van der Waals surface area contributed by atoms with Crippen molar-refractivity contribution in [3.8, 4) is 11.8 Å². The average molecular weight is 502 g/mol. The van der Waals surface area contributed by atoms with Crippen LogP contribution in [0.4, 0.5) is 42.5 Å². The van der Waals surface area contributed by atoms with Crippen molar-refractivity contribution >= 4 is 23.4 Å². The molecule has 0 spiro atoms. The molecule has 0 aliphatic rings. The Balaban J connectivity index is 2.49. The molecule has 188 valence electrons. The molecule has 12 heteroatoms. The van der Waals surface area contributed by atoms with E-state index in [9.17, 15) is 41.0 Å². The van der Waals surface area contributed by atoms with Gasteiger partial charge in [-0.05, 0) is 52.0 Å². The van der Waals surface area contributed by atoms with Crippen molar-refractivity contribution in [1.29, 1.82) is 0 Å². The number of benzene rings is 2. The first kappa shape index (κ1) is 27.4. The topological polar surface area (TPSA) is 87.7 Å². The van der Waals surface area contributed by atoms with Gasteiger partial charge in [-0.1, -0.05) is 11.8 Å². The molecule has 0 aliphatic heterocycles. The van der Waals surface area contributed by atoms with Gasteiger partial charge in [-0.2, -0.15) is 13.2 Å². The lowest BCUT2D eigenvalue weighted by Crippen LogP contribution is -2.37. The second-order valence-corrected chi connectivity index (χ2v) is 8.23. The van der Waals surface area contributed by atoms with Crippen LogP contribution in [0.25, 0.3) is 0 Å². The van der Waals surface area contributed by atoms with Gasteiger partial charge < -0.3 is 20.5 Å². The number of hydrogen-bond donors (Lipinski definition) is 3. The number of carbonyl (C=O) groups is 2. The number of amides is 1. The highest BCUT2D eigenvalue weighted by molar-refractivity contribution is 5.95. The molecule has 0 aromatic heterocycles. The Morgan fingerprint density at radius 2 is 1.66 bits per heavy atom. The van der Waals surface area contributed by atoms with Crippen molar-refractivity contribution in [2.24, 2.45) is 0 Å². The van der Waals surface area contributed by atoms with Crippen molar-refractivity contribution in [3.63, 3.8) is 0 Å². The van der Waals surface area contributed by atoms with Crippen LogP contribution in [0, 0.1) is 29.3 Å². The second-order valence-electron chi connectivity index (χ2n) is 8.23. The third-order valence-corrected chi connectivity index (χ3v) is 4.15. The minimum atomic E-state index is -5.16. The molecule has 0 heterocycles. The van der Waals surface area contributed by atoms with Gasteiger partial charge in [-0.25, -0.2) is 22.8 Å². The summed E-state index contributed by atoms with van der Waals surface area (Å²) in [6.45, 7) is 6.26. The van der Waals surface area contributed by atoms with E-state index in [1.807, 2.05) is 0 Å². The zero-order valence-electron chi connectivity index (χ0n) is 18.8. The molecule has 2 aromatic rings. The summed E-state index contributed by atoms with van der Waals surface area (Å²) in [5.74, 6) is -1.73. The number of alkyl halides is 3. The van der Waals surface area contributed by atoms with Crippen LogP contribution in [-0.4, -0.2) is 28.8 Å². The van der Waals surface area contributed by atoms with Crippen LogP contribution in [0.15, 0.2) is 24.3 Å². The number of nitrogens with one attached hydrogen (secondary N) is 2. The fraction of sp³-hybridized carbons (Fsp3) is 0.304. The van der Waals surface area contributed by atoms with Gasteiger partial charge in [0.05, 0.1) is 34.1 Å².